The van der Waals surface area contributed by atoms with Crippen LogP contribution in [0.5, 0.6) is 0 Å². The molecular formula is C26H26N4O3. The highest BCUT2D eigenvalue weighted by atomic mass is 16.3. The summed E-state index contributed by atoms with van der Waals surface area (Å²) in [7, 11) is 0. The smallest absolute Gasteiger partial charge is 0.267 e. The molecule has 0 radical (unpaired) electrons. The minimum absolute atomic E-state index is 0.0175. The molecule has 0 saturated heterocycles. The van der Waals surface area contributed by atoms with Gasteiger partial charge in [0.15, 0.2) is 0 Å². The van der Waals surface area contributed by atoms with Crippen LogP contribution in [0.4, 0.5) is 5.69 Å². The number of hydrogen-bond donors (Lipinski definition) is 3. The number of rotatable bonds is 8. The van der Waals surface area contributed by atoms with E-state index in [-0.39, 0.29) is 18.7 Å². The van der Waals surface area contributed by atoms with E-state index in [1.165, 1.54) is 5.01 Å². The molecule has 2 atom stereocenters. The summed E-state index contributed by atoms with van der Waals surface area (Å²) < 4.78 is 0. The third kappa shape index (κ3) is 5.10. The summed E-state index contributed by atoms with van der Waals surface area (Å²) >= 11 is 0. The van der Waals surface area contributed by atoms with Crippen molar-refractivity contribution in [1.82, 2.24) is 5.32 Å². The summed E-state index contributed by atoms with van der Waals surface area (Å²) in [5.74, 6) is -1.00. The van der Waals surface area contributed by atoms with Crippen molar-refractivity contribution in [2.45, 2.75) is 24.5 Å². The molecule has 7 heteroatoms. The Morgan fingerprint density at radius 2 is 1.55 bits per heavy atom. The van der Waals surface area contributed by atoms with Crippen molar-refractivity contribution < 1.29 is 14.7 Å². The molecule has 3 aromatic carbocycles. The number of nitrogens with one attached hydrogen (secondary N) is 1. The topological polar surface area (TPSA) is 108 Å². The van der Waals surface area contributed by atoms with Gasteiger partial charge in [-0.2, -0.15) is 5.10 Å². The van der Waals surface area contributed by atoms with Gasteiger partial charge in [0.2, 0.25) is 5.91 Å². The van der Waals surface area contributed by atoms with E-state index in [1.807, 2.05) is 78.9 Å². The molecule has 4 rings (SSSR count). The van der Waals surface area contributed by atoms with Crippen LogP contribution in [0.25, 0.3) is 0 Å². The maximum atomic E-state index is 13.0. The highest BCUT2D eigenvalue weighted by Gasteiger charge is 2.36. The number of primary amides is 1. The Hall–Kier alpha value is -3.97. The van der Waals surface area contributed by atoms with Gasteiger partial charge < -0.3 is 16.2 Å². The van der Waals surface area contributed by atoms with Crippen molar-refractivity contribution in [3.05, 3.63) is 102 Å². The third-order valence-electron chi connectivity index (χ3n) is 5.71. The molecule has 7 nitrogen and oxygen atoms in total. The molecule has 0 aliphatic carbocycles. The van der Waals surface area contributed by atoms with E-state index in [4.69, 9.17) is 5.73 Å². The number of carbonyl (C=O) groups is 2. The number of aliphatic hydroxyl groups is 1. The molecule has 168 valence electrons. The van der Waals surface area contributed by atoms with Crippen molar-refractivity contribution in [1.29, 1.82) is 0 Å². The first-order valence-corrected chi connectivity index (χ1v) is 10.8. The average molecular weight is 443 g/mol. The lowest BCUT2D eigenvalue weighted by atomic mass is 9.87. The quantitative estimate of drug-likeness (QED) is 0.498. The lowest BCUT2D eigenvalue weighted by Gasteiger charge is -2.29. The van der Waals surface area contributed by atoms with Crippen LogP contribution in [0.1, 0.15) is 17.5 Å². The molecule has 4 N–H and O–H groups in total. The monoisotopic (exact) mass is 442 g/mol. The first-order valence-electron chi connectivity index (χ1n) is 10.8. The Morgan fingerprint density at radius 3 is 2.15 bits per heavy atom. The van der Waals surface area contributed by atoms with E-state index < -0.39 is 23.5 Å². The Bertz CT molecular complexity index is 1140. The second kappa shape index (κ2) is 9.67. The van der Waals surface area contributed by atoms with Gasteiger partial charge in [0.1, 0.15) is 17.4 Å². The van der Waals surface area contributed by atoms with Crippen LogP contribution in [0.2, 0.25) is 0 Å². The molecule has 1 aliphatic rings. The van der Waals surface area contributed by atoms with E-state index in [0.717, 1.165) is 5.56 Å². The van der Waals surface area contributed by atoms with Gasteiger partial charge in [-0.15, -0.1) is 0 Å². The fourth-order valence-electron chi connectivity index (χ4n) is 3.96. The fourth-order valence-corrected chi connectivity index (χ4v) is 3.96. The maximum Gasteiger partial charge on any atom is 0.267 e. The summed E-state index contributed by atoms with van der Waals surface area (Å²) in [4.78, 5) is 25.0. The van der Waals surface area contributed by atoms with E-state index in [9.17, 15) is 14.7 Å². The normalized spacial score (nSPS) is 17.2. The van der Waals surface area contributed by atoms with Crippen LogP contribution in [0, 0.1) is 0 Å². The number of amides is 2. The second-order valence-electron chi connectivity index (χ2n) is 8.09. The van der Waals surface area contributed by atoms with Crippen LogP contribution in [0.15, 0.2) is 96.1 Å². The fraction of sp³-hybridized carbons (Fsp3) is 0.192. The Labute approximate surface area is 192 Å². The highest BCUT2D eigenvalue weighted by Crippen LogP contribution is 2.27. The van der Waals surface area contributed by atoms with Crippen molar-refractivity contribution in [3.8, 4) is 0 Å². The summed E-state index contributed by atoms with van der Waals surface area (Å²) in [5.41, 5.74) is 6.76. The molecule has 0 spiro atoms. The summed E-state index contributed by atoms with van der Waals surface area (Å²) in [6.07, 6.45) is 0.420. The van der Waals surface area contributed by atoms with Crippen LogP contribution >= 0.6 is 0 Å². The predicted molar refractivity (Wildman–Crippen MR) is 127 cm³/mol. The lowest BCUT2D eigenvalue weighted by Crippen LogP contribution is -2.44. The van der Waals surface area contributed by atoms with Crippen molar-refractivity contribution in [3.63, 3.8) is 0 Å². The molecule has 3 aromatic rings. The van der Waals surface area contributed by atoms with Gasteiger partial charge in [0.25, 0.3) is 5.91 Å². The zero-order valence-electron chi connectivity index (χ0n) is 18.1. The number of nitrogens with zero attached hydrogens (tertiary/aromatic N) is 2. The number of nitrogens with two attached hydrogens (primary N) is 1. The minimum atomic E-state index is -1.32. The summed E-state index contributed by atoms with van der Waals surface area (Å²) in [6.45, 7) is -0.0175. The molecule has 0 aromatic heterocycles. The molecule has 0 saturated carbocycles. The number of anilines is 1. The summed E-state index contributed by atoms with van der Waals surface area (Å²) in [5, 5.41) is 20.2. The van der Waals surface area contributed by atoms with Crippen LogP contribution in [0.3, 0.4) is 0 Å². The number of carbonyl (C=O) groups excluding carboxylic acids is 2. The molecule has 2 amide bonds. The van der Waals surface area contributed by atoms with Crippen LogP contribution in [-0.2, 0) is 21.6 Å². The second-order valence-corrected chi connectivity index (χ2v) is 8.09. The van der Waals surface area contributed by atoms with Gasteiger partial charge in [-0.05, 0) is 23.3 Å². The largest absolute Gasteiger partial charge is 0.383 e. The van der Waals surface area contributed by atoms with Gasteiger partial charge in [-0.3, -0.25) is 14.6 Å². The van der Waals surface area contributed by atoms with Crippen molar-refractivity contribution in [2.24, 2.45) is 10.8 Å². The minimum Gasteiger partial charge on any atom is -0.383 e. The first-order chi connectivity index (χ1) is 16.0. The van der Waals surface area contributed by atoms with Gasteiger partial charge in [-0.25, -0.2) is 0 Å². The molecule has 1 heterocycles. The molecule has 0 fully saturated rings. The number of hydrazone groups is 1. The van der Waals surface area contributed by atoms with Crippen LogP contribution < -0.4 is 16.1 Å². The van der Waals surface area contributed by atoms with Gasteiger partial charge >= 0.3 is 0 Å². The number of para-hydroxylation sites is 1. The van der Waals surface area contributed by atoms with E-state index in [0.29, 0.717) is 17.7 Å². The number of benzene rings is 3. The zero-order chi connectivity index (χ0) is 23.3. The molecule has 33 heavy (non-hydrogen) atoms. The zero-order valence-corrected chi connectivity index (χ0v) is 18.1. The van der Waals surface area contributed by atoms with Gasteiger partial charge in [0.05, 0.1) is 12.2 Å². The first kappa shape index (κ1) is 22.2. The van der Waals surface area contributed by atoms with Crippen molar-refractivity contribution >= 4 is 23.2 Å². The Morgan fingerprint density at radius 1 is 0.970 bits per heavy atom. The molecule has 0 bridgehead atoms. The van der Waals surface area contributed by atoms with Gasteiger partial charge in [0, 0.05) is 12.8 Å². The van der Waals surface area contributed by atoms with E-state index in [1.54, 1.807) is 12.1 Å². The lowest BCUT2D eigenvalue weighted by molar-refractivity contribution is -0.119. The van der Waals surface area contributed by atoms with E-state index >= 15 is 0 Å². The van der Waals surface area contributed by atoms with Crippen LogP contribution in [-0.4, -0.2) is 35.2 Å². The standard InChI is InChI=1S/C26H26N4O3/c27-24(31)23-16-22(29-30(23)21-14-8-3-9-15-21)25(32)28-18-26(33,20-12-6-2-7-13-20)17-19-10-4-1-5-11-19/h1-15,23,33H,16-18H2,(H2,27,31)(H,28,32)/t23-,26-/m1/s1. The average Bonchev–Trinajstić information content (AvgIpc) is 3.31. The maximum absolute atomic E-state index is 13.0. The molecule has 1 aliphatic heterocycles. The van der Waals surface area contributed by atoms with E-state index in [2.05, 4.69) is 10.4 Å². The molecule has 0 unspecified atom stereocenters. The highest BCUT2D eigenvalue weighted by molar-refractivity contribution is 6.40. The number of hydrogen-bond acceptors (Lipinski definition) is 5. The van der Waals surface area contributed by atoms with Gasteiger partial charge in [-0.1, -0.05) is 78.9 Å². The Kier molecular flexibility index (Phi) is 6.51. The third-order valence-corrected chi connectivity index (χ3v) is 5.71. The predicted octanol–water partition coefficient (Wildman–Crippen LogP) is 2.35. The van der Waals surface area contributed by atoms with Crippen molar-refractivity contribution in [2.75, 3.05) is 11.6 Å². The Balaban J connectivity index is 1.53. The molecular weight excluding hydrogens is 416 g/mol. The summed E-state index contributed by atoms with van der Waals surface area (Å²) in [6, 6.07) is 27.2. The SMILES string of the molecule is NC(=O)[C@H]1CC(C(=O)NC[C@](O)(Cc2ccccc2)c2ccccc2)=NN1c1ccccc1.